The molecule has 4 heteroatoms. The van der Waals surface area contributed by atoms with Gasteiger partial charge in [0.25, 0.3) is 0 Å². The summed E-state index contributed by atoms with van der Waals surface area (Å²) in [4.78, 5) is 12.4. The van der Waals surface area contributed by atoms with Crippen molar-refractivity contribution in [2.24, 2.45) is 5.92 Å². The van der Waals surface area contributed by atoms with Crippen LogP contribution in [0.4, 0.5) is 0 Å². The minimum Gasteiger partial charge on any atom is -0.378 e. The summed E-state index contributed by atoms with van der Waals surface area (Å²) in [6.45, 7) is 1.73. The van der Waals surface area contributed by atoms with Crippen molar-refractivity contribution in [1.82, 2.24) is 5.32 Å². The predicted octanol–water partition coefficient (Wildman–Crippen LogP) is 3.02. The van der Waals surface area contributed by atoms with Gasteiger partial charge in [-0.05, 0) is 50.9 Å². The number of ether oxygens (including phenoxy) is 1. The second-order valence-corrected chi connectivity index (χ2v) is 6.90. The van der Waals surface area contributed by atoms with Crippen molar-refractivity contribution in [2.75, 3.05) is 13.2 Å². The molecule has 2 aliphatic rings. The fourth-order valence-corrected chi connectivity index (χ4v) is 3.67. The van der Waals surface area contributed by atoms with E-state index in [1.165, 1.54) is 32.1 Å². The molecule has 0 bridgehead atoms. The molecule has 0 aromatic heterocycles. The molecule has 2 rings (SSSR count). The van der Waals surface area contributed by atoms with Crippen LogP contribution in [0.2, 0.25) is 0 Å². The summed E-state index contributed by atoms with van der Waals surface area (Å²) in [5.41, 5.74) is 0. The highest BCUT2D eigenvalue weighted by molar-refractivity contribution is 9.09. The normalized spacial score (nSPS) is 32.4. The van der Waals surface area contributed by atoms with Crippen molar-refractivity contribution < 1.29 is 9.53 Å². The first kappa shape index (κ1) is 14.3. The first-order valence-corrected chi connectivity index (χ1v) is 8.18. The summed E-state index contributed by atoms with van der Waals surface area (Å²) in [5.74, 6) is 0.867. The Balaban J connectivity index is 1.54. The van der Waals surface area contributed by atoms with Crippen LogP contribution in [-0.2, 0) is 9.53 Å². The lowest BCUT2D eigenvalue weighted by Crippen LogP contribution is -2.30. The van der Waals surface area contributed by atoms with Crippen LogP contribution in [0, 0.1) is 5.92 Å². The topological polar surface area (TPSA) is 38.3 Å². The summed E-state index contributed by atoms with van der Waals surface area (Å²) in [6, 6.07) is 0. The molecular formula is C14H24BrNO2. The van der Waals surface area contributed by atoms with Crippen LogP contribution in [0.5, 0.6) is 0 Å². The molecular weight excluding hydrogens is 294 g/mol. The Morgan fingerprint density at radius 1 is 1.28 bits per heavy atom. The number of alkyl halides is 1. The van der Waals surface area contributed by atoms with Crippen molar-refractivity contribution in [2.45, 2.75) is 62.3 Å². The molecule has 1 amide bonds. The van der Waals surface area contributed by atoms with Gasteiger partial charge in [0, 0.05) is 24.4 Å². The van der Waals surface area contributed by atoms with Crippen molar-refractivity contribution in [3.05, 3.63) is 0 Å². The number of amides is 1. The van der Waals surface area contributed by atoms with Gasteiger partial charge in [-0.2, -0.15) is 0 Å². The van der Waals surface area contributed by atoms with Crippen LogP contribution in [0.25, 0.3) is 0 Å². The van der Waals surface area contributed by atoms with E-state index in [0.29, 0.717) is 23.3 Å². The quantitative estimate of drug-likeness (QED) is 0.791. The Morgan fingerprint density at radius 3 is 2.83 bits per heavy atom. The molecule has 0 spiro atoms. The van der Waals surface area contributed by atoms with Gasteiger partial charge < -0.3 is 10.1 Å². The van der Waals surface area contributed by atoms with Crippen LogP contribution in [0.3, 0.4) is 0 Å². The van der Waals surface area contributed by atoms with Crippen molar-refractivity contribution >= 4 is 21.8 Å². The van der Waals surface area contributed by atoms with Gasteiger partial charge in [-0.15, -0.1) is 0 Å². The maximum Gasteiger partial charge on any atom is 0.220 e. The summed E-state index contributed by atoms with van der Waals surface area (Å²) in [5, 5.41) is 3.07. The first-order valence-electron chi connectivity index (χ1n) is 7.26. The fourth-order valence-electron chi connectivity index (χ4n) is 2.87. The Hall–Kier alpha value is -0.0900. The van der Waals surface area contributed by atoms with Crippen LogP contribution < -0.4 is 5.32 Å². The third kappa shape index (κ3) is 4.88. The maximum atomic E-state index is 11.7. The molecule has 1 N–H and O–H groups in total. The Morgan fingerprint density at radius 2 is 2.17 bits per heavy atom. The third-order valence-corrected chi connectivity index (χ3v) is 4.86. The molecule has 2 fully saturated rings. The van der Waals surface area contributed by atoms with Crippen LogP contribution in [0.1, 0.15) is 51.4 Å². The molecule has 0 aromatic carbocycles. The van der Waals surface area contributed by atoms with Crippen LogP contribution in [0.15, 0.2) is 0 Å². The van der Waals surface area contributed by atoms with Crippen molar-refractivity contribution in [1.29, 1.82) is 0 Å². The Labute approximate surface area is 118 Å². The fraction of sp³-hybridized carbons (Fsp3) is 0.929. The highest BCUT2D eigenvalue weighted by atomic mass is 79.9. The van der Waals surface area contributed by atoms with E-state index >= 15 is 0 Å². The van der Waals surface area contributed by atoms with Gasteiger partial charge in [0.1, 0.15) is 0 Å². The second kappa shape index (κ2) is 7.49. The number of hydrogen-bond donors (Lipinski definition) is 1. The van der Waals surface area contributed by atoms with Gasteiger partial charge in [-0.3, -0.25) is 4.79 Å². The van der Waals surface area contributed by atoms with Gasteiger partial charge in [0.2, 0.25) is 5.91 Å². The molecule has 3 unspecified atom stereocenters. The van der Waals surface area contributed by atoms with Crippen molar-refractivity contribution in [3.8, 4) is 0 Å². The Bertz CT molecular complexity index is 256. The number of hydrogen-bond acceptors (Lipinski definition) is 2. The van der Waals surface area contributed by atoms with Crippen molar-refractivity contribution in [3.63, 3.8) is 0 Å². The molecule has 1 aliphatic carbocycles. The molecule has 1 aliphatic heterocycles. The zero-order chi connectivity index (χ0) is 12.8. The van der Waals surface area contributed by atoms with Gasteiger partial charge in [-0.1, -0.05) is 15.9 Å². The molecule has 104 valence electrons. The van der Waals surface area contributed by atoms with E-state index in [9.17, 15) is 4.79 Å². The van der Waals surface area contributed by atoms with Gasteiger partial charge in [0.05, 0.1) is 6.10 Å². The highest BCUT2D eigenvalue weighted by Crippen LogP contribution is 2.30. The molecule has 0 radical (unpaired) electrons. The van der Waals surface area contributed by atoms with Gasteiger partial charge in [0.15, 0.2) is 0 Å². The number of nitrogens with one attached hydrogen (secondary N) is 1. The molecule has 0 aromatic rings. The van der Waals surface area contributed by atoms with Crippen LogP contribution in [-0.4, -0.2) is 30.0 Å². The van der Waals surface area contributed by atoms with E-state index in [1.54, 1.807) is 0 Å². The van der Waals surface area contributed by atoms with E-state index < -0.39 is 0 Å². The molecule has 18 heavy (non-hydrogen) atoms. The summed E-state index contributed by atoms with van der Waals surface area (Å²) in [7, 11) is 0. The van der Waals surface area contributed by atoms with E-state index in [2.05, 4.69) is 21.2 Å². The van der Waals surface area contributed by atoms with E-state index in [-0.39, 0.29) is 5.91 Å². The molecule has 3 atom stereocenters. The predicted molar refractivity (Wildman–Crippen MR) is 75.9 cm³/mol. The molecule has 1 heterocycles. The molecule has 1 saturated heterocycles. The minimum atomic E-state index is 0.196. The second-order valence-electron chi connectivity index (χ2n) is 5.61. The molecule has 1 saturated carbocycles. The number of halogens is 1. The smallest absolute Gasteiger partial charge is 0.220 e. The summed E-state index contributed by atoms with van der Waals surface area (Å²) < 4.78 is 5.63. The summed E-state index contributed by atoms with van der Waals surface area (Å²) >= 11 is 3.64. The highest BCUT2D eigenvalue weighted by Gasteiger charge is 2.23. The lowest BCUT2D eigenvalue weighted by Gasteiger charge is -2.22. The largest absolute Gasteiger partial charge is 0.378 e. The van der Waals surface area contributed by atoms with Gasteiger partial charge >= 0.3 is 0 Å². The van der Waals surface area contributed by atoms with Gasteiger partial charge in [-0.25, -0.2) is 0 Å². The van der Waals surface area contributed by atoms with E-state index in [4.69, 9.17) is 4.74 Å². The zero-order valence-electron chi connectivity index (χ0n) is 11.0. The monoisotopic (exact) mass is 317 g/mol. The third-order valence-electron chi connectivity index (χ3n) is 4.03. The average Bonchev–Trinajstić information content (AvgIpc) is 2.81. The zero-order valence-corrected chi connectivity index (χ0v) is 12.6. The van der Waals surface area contributed by atoms with E-state index in [1.807, 2.05) is 0 Å². The lowest BCUT2D eigenvalue weighted by molar-refractivity contribution is -0.122. The number of carbonyl (C=O) groups is 1. The lowest BCUT2D eigenvalue weighted by atomic mass is 10.0. The SMILES string of the molecule is O=C(CCC1CCCCO1)NCC1CCC(Br)C1. The first-order chi connectivity index (χ1) is 8.74. The number of carbonyl (C=O) groups excluding carboxylic acids is 1. The Kier molecular flexibility index (Phi) is 5.96. The standard InChI is InChI=1S/C14H24BrNO2/c15-12-5-4-11(9-12)10-16-14(17)7-6-13-3-1-2-8-18-13/h11-13H,1-10H2,(H,16,17). The average molecular weight is 318 g/mol. The summed E-state index contributed by atoms with van der Waals surface area (Å²) in [6.07, 6.45) is 9.07. The van der Waals surface area contributed by atoms with Crippen LogP contribution >= 0.6 is 15.9 Å². The molecule has 3 nitrogen and oxygen atoms in total. The number of rotatable bonds is 5. The maximum absolute atomic E-state index is 11.7. The minimum absolute atomic E-state index is 0.196. The van der Waals surface area contributed by atoms with E-state index in [0.717, 1.165) is 26.0 Å².